The Labute approximate surface area is 198 Å². The number of aliphatic hydroxyl groups is 1. The molecule has 1 amide bonds. The molecule has 5 atom stereocenters. The van der Waals surface area contributed by atoms with Crippen molar-refractivity contribution in [2.24, 2.45) is 17.3 Å². The molecule has 8 heteroatoms. The van der Waals surface area contributed by atoms with Gasteiger partial charge in [0.25, 0.3) is 0 Å². The summed E-state index contributed by atoms with van der Waals surface area (Å²) in [7, 11) is -1.91. The summed E-state index contributed by atoms with van der Waals surface area (Å²) in [5, 5.41) is 12.4. The Morgan fingerprint density at radius 1 is 1.27 bits per heavy atom. The van der Waals surface area contributed by atoms with Crippen LogP contribution in [0.25, 0.3) is 0 Å². The topological polar surface area (TPSA) is 58.6 Å². The van der Waals surface area contributed by atoms with Gasteiger partial charge in [0.15, 0.2) is 13.9 Å². The second-order valence-corrected chi connectivity index (χ2v) is 17.0. The minimum atomic E-state index is -4.84. The summed E-state index contributed by atoms with van der Waals surface area (Å²) >= 11 is 0. The smallest absolute Gasteiger partial charge is 0.414 e. The average Bonchev–Trinajstić information content (AvgIpc) is 2.63. The third kappa shape index (κ3) is 6.23. The normalized spacial score (nSPS) is 29.5. The maximum absolute atomic E-state index is 12.9. The molecule has 0 radical (unpaired) electrons. The number of rotatable bonds is 7. The number of nitrogens with one attached hydrogen (secondary N) is 1. The zero-order valence-electron chi connectivity index (χ0n) is 21.7. The van der Waals surface area contributed by atoms with Crippen LogP contribution in [0.2, 0.25) is 18.1 Å². The molecule has 1 saturated carbocycles. The summed E-state index contributed by atoms with van der Waals surface area (Å²) in [5.74, 6) is -0.376. The molecule has 4 nitrogen and oxygen atoms in total. The highest BCUT2D eigenvalue weighted by molar-refractivity contribution is 6.74. The van der Waals surface area contributed by atoms with Gasteiger partial charge in [0, 0.05) is 12.6 Å². The predicted octanol–water partition coefficient (Wildman–Crippen LogP) is 6.36. The van der Waals surface area contributed by atoms with E-state index in [1.807, 2.05) is 6.92 Å². The van der Waals surface area contributed by atoms with Gasteiger partial charge in [-0.2, -0.15) is 13.2 Å². The Balaban J connectivity index is 2.09. The zero-order valence-corrected chi connectivity index (χ0v) is 22.7. The minimum absolute atomic E-state index is 0.00390. The van der Waals surface area contributed by atoms with Crippen LogP contribution in [0, 0.1) is 17.3 Å². The van der Waals surface area contributed by atoms with Crippen molar-refractivity contribution < 1.29 is 27.5 Å². The zero-order chi connectivity index (χ0) is 25.5. The molecule has 0 aromatic carbocycles. The fourth-order valence-electron chi connectivity index (χ4n) is 5.29. The lowest BCUT2D eigenvalue weighted by molar-refractivity contribution is -0.253. The van der Waals surface area contributed by atoms with Crippen molar-refractivity contribution in [3.05, 3.63) is 11.6 Å². The first kappa shape index (κ1) is 28.4. The van der Waals surface area contributed by atoms with Crippen molar-refractivity contribution in [3.8, 4) is 0 Å². The van der Waals surface area contributed by atoms with Crippen LogP contribution >= 0.6 is 0 Å². The van der Waals surface area contributed by atoms with Gasteiger partial charge in [-0.1, -0.05) is 52.7 Å². The number of carbonyl (C=O) groups is 1. The number of alkyl halides is 3. The van der Waals surface area contributed by atoms with Gasteiger partial charge in [-0.3, -0.25) is 4.79 Å². The van der Waals surface area contributed by atoms with E-state index in [-0.39, 0.29) is 29.0 Å². The number of hydrogen-bond donors (Lipinski definition) is 2. The minimum Gasteiger partial charge on any atom is -0.414 e. The number of fused-ring (bicyclic) bond motifs is 1. The standard InChI is InChI=1S/C25H44F3NO3Si/c1-17(16-29-21(30)15-24(6,31)25(26,27)28)18-11-9-12-19-20(13-10-14-23(18,19)5)32-33(7,8)22(2,3)4/h11,17,19-20,31H,9-10,12-16H2,1-8H3,(H,29,30)/t17?,19-,20-,23+,24?/m0/s1. The van der Waals surface area contributed by atoms with Gasteiger partial charge in [0.1, 0.15) is 0 Å². The van der Waals surface area contributed by atoms with Crippen LogP contribution in [0.15, 0.2) is 11.6 Å². The van der Waals surface area contributed by atoms with Gasteiger partial charge < -0.3 is 14.8 Å². The van der Waals surface area contributed by atoms with Crippen molar-refractivity contribution >= 4 is 14.2 Å². The molecule has 2 N–H and O–H groups in total. The monoisotopic (exact) mass is 491 g/mol. The molecule has 2 rings (SSSR count). The van der Waals surface area contributed by atoms with Gasteiger partial charge in [0.2, 0.25) is 5.91 Å². The van der Waals surface area contributed by atoms with E-state index in [9.17, 15) is 23.1 Å². The molecule has 0 aromatic heterocycles. The van der Waals surface area contributed by atoms with Crippen molar-refractivity contribution in [2.75, 3.05) is 6.54 Å². The second kappa shape index (κ2) is 9.65. The van der Waals surface area contributed by atoms with E-state index in [1.165, 1.54) is 5.57 Å². The second-order valence-electron chi connectivity index (χ2n) is 12.2. The number of halogens is 3. The molecule has 0 heterocycles. The van der Waals surface area contributed by atoms with Crippen LogP contribution in [-0.4, -0.2) is 43.8 Å². The fraction of sp³-hybridized carbons (Fsp3) is 0.880. The highest BCUT2D eigenvalue weighted by atomic mass is 28.4. The van der Waals surface area contributed by atoms with E-state index in [4.69, 9.17) is 4.43 Å². The molecule has 2 unspecified atom stereocenters. The lowest BCUT2D eigenvalue weighted by Crippen LogP contribution is -2.52. The van der Waals surface area contributed by atoms with E-state index in [0.717, 1.165) is 32.1 Å². The third-order valence-corrected chi connectivity index (χ3v) is 13.0. The number of allylic oxidation sites excluding steroid dienone is 1. The van der Waals surface area contributed by atoms with Crippen LogP contribution in [0.4, 0.5) is 13.2 Å². The SMILES string of the molecule is CC(CNC(=O)CC(C)(O)C(F)(F)F)C1=CCC[C@H]2[C@@H](O[Si](C)(C)C(C)(C)C)CCC[C@]12C. The van der Waals surface area contributed by atoms with Crippen molar-refractivity contribution in [1.82, 2.24) is 5.32 Å². The molecule has 2 aliphatic carbocycles. The lowest BCUT2D eigenvalue weighted by Gasteiger charge is -2.53. The van der Waals surface area contributed by atoms with Gasteiger partial charge >= 0.3 is 6.18 Å². The van der Waals surface area contributed by atoms with Crippen molar-refractivity contribution in [3.63, 3.8) is 0 Å². The Morgan fingerprint density at radius 3 is 2.42 bits per heavy atom. The number of amides is 1. The summed E-state index contributed by atoms with van der Waals surface area (Å²) in [6.07, 6.45) is 1.89. The molecule has 192 valence electrons. The molecule has 0 aliphatic heterocycles. The van der Waals surface area contributed by atoms with Crippen LogP contribution in [0.1, 0.15) is 80.1 Å². The summed E-state index contributed by atoms with van der Waals surface area (Å²) in [4.78, 5) is 12.2. The average molecular weight is 492 g/mol. The van der Waals surface area contributed by atoms with Crippen LogP contribution < -0.4 is 5.32 Å². The Hall–Kier alpha value is -0.863. The predicted molar refractivity (Wildman–Crippen MR) is 128 cm³/mol. The van der Waals surface area contributed by atoms with E-state index in [1.54, 1.807) is 0 Å². The molecule has 1 fully saturated rings. The number of hydrogen-bond acceptors (Lipinski definition) is 3. The molecule has 33 heavy (non-hydrogen) atoms. The summed E-state index contributed by atoms with van der Waals surface area (Å²) in [6, 6.07) is 0. The molecular weight excluding hydrogens is 447 g/mol. The van der Waals surface area contributed by atoms with Crippen molar-refractivity contribution in [2.45, 2.75) is 116 Å². The molecule has 0 bridgehead atoms. The first-order valence-electron chi connectivity index (χ1n) is 12.3. The summed E-state index contributed by atoms with van der Waals surface area (Å²) in [6.45, 7) is 16.6. The Morgan fingerprint density at radius 2 is 1.88 bits per heavy atom. The molecule has 0 spiro atoms. The van der Waals surface area contributed by atoms with Gasteiger partial charge in [-0.25, -0.2) is 0 Å². The van der Waals surface area contributed by atoms with Crippen LogP contribution in [0.5, 0.6) is 0 Å². The van der Waals surface area contributed by atoms with Crippen molar-refractivity contribution in [1.29, 1.82) is 0 Å². The fourth-order valence-corrected chi connectivity index (χ4v) is 6.69. The van der Waals surface area contributed by atoms with E-state index < -0.39 is 32.4 Å². The first-order valence-corrected chi connectivity index (χ1v) is 15.2. The number of carbonyl (C=O) groups excluding carboxylic acids is 1. The highest BCUT2D eigenvalue weighted by Gasteiger charge is 2.52. The first-order chi connectivity index (χ1) is 14.8. The van der Waals surface area contributed by atoms with Gasteiger partial charge in [-0.05, 0) is 68.0 Å². The largest absolute Gasteiger partial charge is 0.417 e. The Bertz CT molecular complexity index is 742. The quantitative estimate of drug-likeness (QED) is 0.322. The van der Waals surface area contributed by atoms with Gasteiger partial charge in [-0.15, -0.1) is 0 Å². The summed E-state index contributed by atoms with van der Waals surface area (Å²) < 4.78 is 45.6. The summed E-state index contributed by atoms with van der Waals surface area (Å²) in [5.41, 5.74) is -1.78. The molecule has 0 saturated heterocycles. The molecule has 0 aromatic rings. The van der Waals surface area contributed by atoms with E-state index in [0.29, 0.717) is 12.8 Å². The van der Waals surface area contributed by atoms with Crippen LogP contribution in [0.3, 0.4) is 0 Å². The third-order valence-electron chi connectivity index (χ3n) is 8.46. The molecular formula is C25H44F3NO3Si. The molecule has 2 aliphatic rings. The lowest BCUT2D eigenvalue weighted by atomic mass is 9.56. The van der Waals surface area contributed by atoms with E-state index in [2.05, 4.69) is 52.2 Å². The van der Waals surface area contributed by atoms with E-state index >= 15 is 0 Å². The van der Waals surface area contributed by atoms with Crippen LogP contribution in [-0.2, 0) is 9.22 Å². The van der Waals surface area contributed by atoms with Gasteiger partial charge in [0.05, 0.1) is 6.42 Å². The maximum atomic E-state index is 12.9. The Kier molecular flexibility index (Phi) is 8.30. The highest BCUT2D eigenvalue weighted by Crippen LogP contribution is 2.55. The maximum Gasteiger partial charge on any atom is 0.417 e.